The van der Waals surface area contributed by atoms with Crippen LogP contribution in [-0.2, 0) is 6.61 Å². The van der Waals surface area contributed by atoms with Crippen molar-refractivity contribution >= 4 is 6.21 Å². The second-order valence-electron chi connectivity index (χ2n) is 2.56. The van der Waals surface area contributed by atoms with Crippen molar-refractivity contribution in [1.29, 1.82) is 0 Å². The van der Waals surface area contributed by atoms with Crippen molar-refractivity contribution in [3.05, 3.63) is 23.0 Å². The number of pyridine rings is 1. The Morgan fingerprint density at radius 3 is 2.92 bits per heavy atom. The lowest BCUT2D eigenvalue weighted by atomic mass is 10.1. The molecule has 4 N–H and O–H groups in total. The first-order valence-corrected chi connectivity index (χ1v) is 3.72. The second kappa shape index (κ2) is 3.86. The Labute approximate surface area is 75.5 Å². The van der Waals surface area contributed by atoms with E-state index in [1.165, 1.54) is 12.4 Å². The molecule has 5 nitrogen and oxygen atoms in total. The van der Waals surface area contributed by atoms with E-state index < -0.39 is 0 Å². The summed E-state index contributed by atoms with van der Waals surface area (Å²) in [5, 5.41) is 21.7. The van der Waals surface area contributed by atoms with Crippen molar-refractivity contribution in [2.75, 3.05) is 0 Å². The zero-order valence-corrected chi connectivity index (χ0v) is 7.23. The number of hydrogen-bond donors (Lipinski definition) is 3. The van der Waals surface area contributed by atoms with Gasteiger partial charge in [-0.05, 0) is 6.92 Å². The van der Waals surface area contributed by atoms with Gasteiger partial charge in [-0.3, -0.25) is 4.98 Å². The monoisotopic (exact) mass is 181 g/mol. The van der Waals surface area contributed by atoms with Crippen LogP contribution in [0.25, 0.3) is 0 Å². The molecule has 0 unspecified atom stereocenters. The van der Waals surface area contributed by atoms with Crippen molar-refractivity contribution in [2.24, 2.45) is 10.9 Å². The van der Waals surface area contributed by atoms with E-state index in [2.05, 4.69) is 10.1 Å². The van der Waals surface area contributed by atoms with E-state index in [4.69, 9.17) is 10.9 Å². The van der Waals surface area contributed by atoms with Crippen LogP contribution in [0.15, 0.2) is 11.3 Å². The van der Waals surface area contributed by atoms with Gasteiger partial charge in [-0.15, -0.1) is 0 Å². The van der Waals surface area contributed by atoms with Gasteiger partial charge in [0.25, 0.3) is 0 Å². The summed E-state index contributed by atoms with van der Waals surface area (Å²) in [6.07, 6.45) is 2.83. The molecule has 0 aliphatic rings. The summed E-state index contributed by atoms with van der Waals surface area (Å²) in [5.41, 5.74) is 1.38. The highest BCUT2D eigenvalue weighted by molar-refractivity contribution is 5.82. The zero-order valence-electron chi connectivity index (χ0n) is 7.23. The minimum Gasteiger partial charge on any atom is -0.506 e. The van der Waals surface area contributed by atoms with Gasteiger partial charge in [0, 0.05) is 17.3 Å². The fourth-order valence-electron chi connectivity index (χ4n) is 1.02. The molecule has 0 radical (unpaired) electrons. The first-order valence-electron chi connectivity index (χ1n) is 3.72. The Morgan fingerprint density at radius 1 is 1.69 bits per heavy atom. The molecule has 0 aliphatic heterocycles. The third-order valence-corrected chi connectivity index (χ3v) is 1.75. The van der Waals surface area contributed by atoms with Crippen LogP contribution in [0.4, 0.5) is 0 Å². The summed E-state index contributed by atoms with van der Waals surface area (Å²) in [6, 6.07) is 0. The Hall–Kier alpha value is -1.62. The summed E-state index contributed by atoms with van der Waals surface area (Å²) >= 11 is 0. The summed E-state index contributed by atoms with van der Waals surface area (Å²) in [6.45, 7) is 1.38. The van der Waals surface area contributed by atoms with Gasteiger partial charge in [-0.1, -0.05) is 0 Å². The Balaban J connectivity index is 3.29. The molecule has 0 fully saturated rings. The molecule has 0 spiro atoms. The number of hydrazone groups is 1. The van der Waals surface area contributed by atoms with Crippen molar-refractivity contribution < 1.29 is 10.2 Å². The number of rotatable bonds is 2. The fraction of sp³-hybridized carbons (Fsp3) is 0.250. The van der Waals surface area contributed by atoms with Crippen LogP contribution in [0.1, 0.15) is 16.8 Å². The van der Waals surface area contributed by atoms with Crippen LogP contribution in [0.2, 0.25) is 0 Å². The minimum absolute atomic E-state index is 0.0140. The van der Waals surface area contributed by atoms with E-state index in [-0.39, 0.29) is 12.4 Å². The number of aromatic hydroxyl groups is 1. The fourth-order valence-corrected chi connectivity index (χ4v) is 1.02. The topological polar surface area (TPSA) is 91.7 Å². The summed E-state index contributed by atoms with van der Waals surface area (Å²) in [7, 11) is 0. The molecule has 0 saturated heterocycles. The van der Waals surface area contributed by atoms with Crippen molar-refractivity contribution in [3.8, 4) is 5.75 Å². The zero-order chi connectivity index (χ0) is 9.84. The maximum absolute atomic E-state index is 9.48. The predicted molar refractivity (Wildman–Crippen MR) is 48.3 cm³/mol. The minimum atomic E-state index is -0.267. The molecule has 1 heterocycles. The number of nitrogens with zero attached hydrogens (tertiary/aromatic N) is 2. The van der Waals surface area contributed by atoms with Crippen LogP contribution in [0.5, 0.6) is 5.75 Å². The van der Waals surface area contributed by atoms with Gasteiger partial charge in [0.05, 0.1) is 18.5 Å². The second-order valence-corrected chi connectivity index (χ2v) is 2.56. The molecular weight excluding hydrogens is 170 g/mol. The molecule has 0 aromatic carbocycles. The molecule has 0 bridgehead atoms. The van der Waals surface area contributed by atoms with Gasteiger partial charge >= 0.3 is 0 Å². The number of nitrogens with two attached hydrogens (primary N) is 1. The average molecular weight is 181 g/mol. The van der Waals surface area contributed by atoms with E-state index in [0.29, 0.717) is 16.8 Å². The van der Waals surface area contributed by atoms with E-state index >= 15 is 0 Å². The number of aliphatic hydroxyl groups excluding tert-OH is 1. The van der Waals surface area contributed by atoms with E-state index in [9.17, 15) is 5.11 Å². The smallest absolute Gasteiger partial charge is 0.142 e. The van der Waals surface area contributed by atoms with Crippen molar-refractivity contribution in [1.82, 2.24) is 4.98 Å². The lowest BCUT2D eigenvalue weighted by molar-refractivity contribution is 0.274. The quantitative estimate of drug-likeness (QED) is 0.337. The molecule has 0 amide bonds. The lowest BCUT2D eigenvalue weighted by Gasteiger charge is -2.06. The average Bonchev–Trinajstić information content (AvgIpc) is 2.12. The number of aryl methyl sites for hydroxylation is 1. The first kappa shape index (κ1) is 9.47. The Bertz CT molecular complexity index is 336. The molecule has 70 valence electrons. The molecule has 0 saturated carbocycles. The molecule has 1 rings (SSSR count). The first-order chi connectivity index (χ1) is 6.20. The number of hydrogen-bond acceptors (Lipinski definition) is 5. The third-order valence-electron chi connectivity index (χ3n) is 1.75. The van der Waals surface area contributed by atoms with Gasteiger partial charge in [0.2, 0.25) is 0 Å². The highest BCUT2D eigenvalue weighted by atomic mass is 16.3. The predicted octanol–water partition coefficient (Wildman–Crippen LogP) is -0.119. The third kappa shape index (κ3) is 1.75. The summed E-state index contributed by atoms with van der Waals surface area (Å²) in [4.78, 5) is 3.90. The summed E-state index contributed by atoms with van der Waals surface area (Å²) in [5.74, 6) is 4.94. The standard InChI is InChI=1S/C8H11N3O2/c1-5-8(13)7(4-12)6(2-10-5)3-11-9/h2-3,12-13H,4,9H2,1H3/b11-3+. The molecule has 0 aliphatic carbocycles. The van der Waals surface area contributed by atoms with Crippen molar-refractivity contribution in [3.63, 3.8) is 0 Å². The van der Waals surface area contributed by atoms with Gasteiger partial charge in [-0.2, -0.15) is 5.10 Å². The van der Waals surface area contributed by atoms with E-state index in [1.807, 2.05) is 0 Å². The number of aromatic nitrogens is 1. The molecule has 1 aromatic heterocycles. The van der Waals surface area contributed by atoms with Gasteiger partial charge in [0.1, 0.15) is 5.75 Å². The molecular formula is C8H11N3O2. The van der Waals surface area contributed by atoms with E-state index in [1.54, 1.807) is 6.92 Å². The highest BCUT2D eigenvalue weighted by Gasteiger charge is 2.08. The molecule has 5 heteroatoms. The highest BCUT2D eigenvalue weighted by Crippen LogP contribution is 2.22. The van der Waals surface area contributed by atoms with Gasteiger partial charge in [0.15, 0.2) is 0 Å². The maximum Gasteiger partial charge on any atom is 0.142 e. The lowest BCUT2D eigenvalue weighted by Crippen LogP contribution is -1.98. The van der Waals surface area contributed by atoms with Gasteiger partial charge < -0.3 is 16.1 Å². The van der Waals surface area contributed by atoms with Gasteiger partial charge in [-0.25, -0.2) is 0 Å². The van der Waals surface area contributed by atoms with Crippen LogP contribution < -0.4 is 5.84 Å². The van der Waals surface area contributed by atoms with E-state index in [0.717, 1.165) is 0 Å². The Morgan fingerprint density at radius 2 is 2.38 bits per heavy atom. The Kier molecular flexibility index (Phi) is 2.81. The molecule has 13 heavy (non-hydrogen) atoms. The summed E-state index contributed by atoms with van der Waals surface area (Å²) < 4.78 is 0. The molecule has 1 aromatic rings. The normalized spacial score (nSPS) is 10.9. The van der Waals surface area contributed by atoms with Crippen molar-refractivity contribution in [2.45, 2.75) is 13.5 Å². The maximum atomic E-state index is 9.48. The molecule has 0 atom stereocenters. The SMILES string of the molecule is Cc1ncc(/C=N/N)c(CO)c1O. The van der Waals surface area contributed by atoms with Crippen LogP contribution in [0, 0.1) is 6.92 Å². The largest absolute Gasteiger partial charge is 0.506 e. The van der Waals surface area contributed by atoms with Crippen LogP contribution in [0.3, 0.4) is 0 Å². The van der Waals surface area contributed by atoms with Crippen LogP contribution in [-0.4, -0.2) is 21.4 Å². The van der Waals surface area contributed by atoms with Crippen LogP contribution >= 0.6 is 0 Å². The number of aliphatic hydroxyl groups is 1.